The van der Waals surface area contributed by atoms with Gasteiger partial charge in [-0.1, -0.05) is 0 Å². The maximum absolute atomic E-state index is 11.5. The summed E-state index contributed by atoms with van der Waals surface area (Å²) < 4.78 is 4.89. The van der Waals surface area contributed by atoms with Crippen molar-refractivity contribution in [3.05, 3.63) is 0 Å². The Labute approximate surface area is 88.6 Å². The van der Waals surface area contributed by atoms with E-state index in [9.17, 15) is 9.59 Å². The van der Waals surface area contributed by atoms with E-state index in [1.165, 1.54) is 6.92 Å². The minimum Gasteiger partial charge on any atom is -0.465 e. The van der Waals surface area contributed by atoms with E-state index in [1.54, 1.807) is 11.8 Å². The number of ketones is 1. The zero-order valence-corrected chi connectivity index (χ0v) is 9.49. The summed E-state index contributed by atoms with van der Waals surface area (Å²) in [5.41, 5.74) is -0.810. The van der Waals surface area contributed by atoms with Crippen LogP contribution in [-0.2, 0) is 14.3 Å². The van der Waals surface area contributed by atoms with Crippen LogP contribution in [0.15, 0.2) is 0 Å². The van der Waals surface area contributed by atoms with Crippen LogP contribution in [0, 0.1) is 5.41 Å². The van der Waals surface area contributed by atoms with Crippen LogP contribution in [0.25, 0.3) is 0 Å². The number of carbonyl (C=O) groups excluding carboxylic acids is 2. The van der Waals surface area contributed by atoms with Gasteiger partial charge < -0.3 is 4.74 Å². The molecule has 0 bridgehead atoms. The van der Waals surface area contributed by atoms with E-state index >= 15 is 0 Å². The summed E-state index contributed by atoms with van der Waals surface area (Å²) in [7, 11) is 0. The highest BCUT2D eigenvalue weighted by Gasteiger charge is 2.47. The average Bonchev–Trinajstić information content (AvgIpc) is 2.49. The molecule has 1 unspecified atom stereocenters. The van der Waals surface area contributed by atoms with Crippen molar-refractivity contribution in [2.24, 2.45) is 5.41 Å². The predicted molar refractivity (Wildman–Crippen MR) is 56.3 cm³/mol. The third-order valence-corrected chi connectivity index (χ3v) is 3.48. The Morgan fingerprint density at radius 3 is 2.79 bits per heavy atom. The molecule has 0 aromatic heterocycles. The minimum atomic E-state index is -0.810. The number of Topliss-reactive ketones (excluding diaryl/α,β-unsaturated/α-hetero) is 1. The van der Waals surface area contributed by atoms with Crippen LogP contribution >= 0.6 is 11.8 Å². The Morgan fingerprint density at radius 2 is 2.36 bits per heavy atom. The zero-order valence-electron chi connectivity index (χ0n) is 8.67. The Kier molecular flexibility index (Phi) is 3.98. The molecular formula is C10H16O3S. The highest BCUT2D eigenvalue weighted by Crippen LogP contribution is 2.36. The summed E-state index contributed by atoms with van der Waals surface area (Å²) in [6, 6.07) is 0. The van der Waals surface area contributed by atoms with Gasteiger partial charge in [0.2, 0.25) is 0 Å². The second-order valence-electron chi connectivity index (χ2n) is 3.62. The molecule has 0 aromatic carbocycles. The summed E-state index contributed by atoms with van der Waals surface area (Å²) in [4.78, 5) is 22.9. The van der Waals surface area contributed by atoms with E-state index in [1.807, 2.05) is 6.26 Å². The molecule has 80 valence electrons. The molecule has 3 nitrogen and oxygen atoms in total. The Bertz CT molecular complexity index is 240. The van der Waals surface area contributed by atoms with Gasteiger partial charge in [-0.05, 0) is 31.8 Å². The summed E-state index contributed by atoms with van der Waals surface area (Å²) in [6.07, 6.45) is 4.13. The van der Waals surface area contributed by atoms with Crippen LogP contribution in [-0.4, -0.2) is 30.4 Å². The van der Waals surface area contributed by atoms with Gasteiger partial charge in [-0.3, -0.25) is 9.59 Å². The third kappa shape index (κ3) is 2.11. The number of cyclic esters (lactones) is 1. The van der Waals surface area contributed by atoms with E-state index < -0.39 is 5.41 Å². The molecule has 1 rings (SSSR count). The minimum absolute atomic E-state index is 0.0406. The summed E-state index contributed by atoms with van der Waals surface area (Å²) >= 11 is 1.73. The quantitative estimate of drug-likeness (QED) is 0.398. The van der Waals surface area contributed by atoms with E-state index in [0.29, 0.717) is 19.4 Å². The van der Waals surface area contributed by atoms with Crippen molar-refractivity contribution in [2.45, 2.75) is 26.2 Å². The van der Waals surface area contributed by atoms with Crippen LogP contribution in [0.1, 0.15) is 26.2 Å². The van der Waals surface area contributed by atoms with E-state index in [-0.39, 0.29) is 11.8 Å². The summed E-state index contributed by atoms with van der Waals surface area (Å²) in [5.74, 6) is 0.634. The van der Waals surface area contributed by atoms with Crippen molar-refractivity contribution >= 4 is 23.5 Å². The lowest BCUT2D eigenvalue weighted by Crippen LogP contribution is -2.34. The average molecular weight is 216 g/mol. The molecule has 1 atom stereocenters. The maximum atomic E-state index is 11.5. The van der Waals surface area contributed by atoms with E-state index in [2.05, 4.69) is 0 Å². The van der Waals surface area contributed by atoms with Crippen molar-refractivity contribution in [3.8, 4) is 0 Å². The molecule has 4 heteroatoms. The van der Waals surface area contributed by atoms with Gasteiger partial charge in [0.1, 0.15) is 11.2 Å². The molecule has 0 spiro atoms. The van der Waals surface area contributed by atoms with Gasteiger partial charge in [-0.25, -0.2) is 0 Å². The normalized spacial score (nSPS) is 26.3. The highest BCUT2D eigenvalue weighted by molar-refractivity contribution is 7.98. The topological polar surface area (TPSA) is 43.4 Å². The Hall–Kier alpha value is -0.510. The van der Waals surface area contributed by atoms with E-state index in [0.717, 1.165) is 12.2 Å². The highest BCUT2D eigenvalue weighted by atomic mass is 32.2. The Balaban J connectivity index is 2.63. The van der Waals surface area contributed by atoms with Gasteiger partial charge in [0.15, 0.2) is 0 Å². The molecule has 0 amide bonds. The third-order valence-electron chi connectivity index (χ3n) is 2.78. The van der Waals surface area contributed by atoms with Crippen molar-refractivity contribution in [1.29, 1.82) is 0 Å². The second-order valence-corrected chi connectivity index (χ2v) is 4.61. The van der Waals surface area contributed by atoms with Gasteiger partial charge in [0, 0.05) is 6.42 Å². The molecule has 1 saturated heterocycles. The predicted octanol–water partition coefficient (Wildman–Crippen LogP) is 1.65. The molecular weight excluding hydrogens is 200 g/mol. The number of rotatable bonds is 5. The van der Waals surface area contributed by atoms with Gasteiger partial charge in [0.05, 0.1) is 6.61 Å². The fraction of sp³-hybridized carbons (Fsp3) is 0.800. The van der Waals surface area contributed by atoms with Crippen LogP contribution in [0.2, 0.25) is 0 Å². The first-order valence-electron chi connectivity index (χ1n) is 4.81. The lowest BCUT2D eigenvalue weighted by molar-refractivity contribution is -0.151. The van der Waals surface area contributed by atoms with Crippen molar-refractivity contribution < 1.29 is 14.3 Å². The molecule has 0 N–H and O–H groups in total. The first-order valence-corrected chi connectivity index (χ1v) is 6.20. The first-order chi connectivity index (χ1) is 6.63. The summed E-state index contributed by atoms with van der Waals surface area (Å²) in [5, 5.41) is 0. The molecule has 1 aliphatic heterocycles. The summed E-state index contributed by atoms with van der Waals surface area (Å²) in [6.45, 7) is 1.89. The molecule has 0 aromatic rings. The number of carbonyl (C=O) groups is 2. The van der Waals surface area contributed by atoms with Crippen LogP contribution in [0.5, 0.6) is 0 Å². The monoisotopic (exact) mass is 216 g/mol. The van der Waals surface area contributed by atoms with E-state index in [4.69, 9.17) is 4.74 Å². The van der Waals surface area contributed by atoms with Gasteiger partial charge >= 0.3 is 5.97 Å². The fourth-order valence-electron chi connectivity index (χ4n) is 1.80. The standard InChI is InChI=1S/C10H16O3S/c1-8(11)10(4-3-7-14-2)5-6-13-9(10)12/h3-7H2,1-2H3. The zero-order chi connectivity index (χ0) is 10.6. The van der Waals surface area contributed by atoms with Gasteiger partial charge in [-0.15, -0.1) is 0 Å². The number of hydrogen-bond acceptors (Lipinski definition) is 4. The smallest absolute Gasteiger partial charge is 0.319 e. The van der Waals surface area contributed by atoms with Gasteiger partial charge in [0.25, 0.3) is 0 Å². The molecule has 0 radical (unpaired) electrons. The molecule has 1 aliphatic rings. The van der Waals surface area contributed by atoms with Crippen LogP contribution in [0.3, 0.4) is 0 Å². The first kappa shape index (κ1) is 11.6. The SMILES string of the molecule is CSCCCC1(C(C)=O)CCOC1=O. The number of esters is 1. The van der Waals surface area contributed by atoms with Crippen molar-refractivity contribution in [2.75, 3.05) is 18.6 Å². The van der Waals surface area contributed by atoms with Crippen LogP contribution in [0.4, 0.5) is 0 Å². The van der Waals surface area contributed by atoms with Gasteiger partial charge in [-0.2, -0.15) is 11.8 Å². The van der Waals surface area contributed by atoms with Crippen molar-refractivity contribution in [3.63, 3.8) is 0 Å². The lowest BCUT2D eigenvalue weighted by Gasteiger charge is -2.20. The maximum Gasteiger partial charge on any atom is 0.319 e. The van der Waals surface area contributed by atoms with Crippen LogP contribution < -0.4 is 0 Å². The fourth-order valence-corrected chi connectivity index (χ4v) is 2.23. The molecule has 1 fully saturated rings. The van der Waals surface area contributed by atoms with Crippen molar-refractivity contribution in [1.82, 2.24) is 0 Å². The lowest BCUT2D eigenvalue weighted by atomic mass is 9.78. The number of hydrogen-bond donors (Lipinski definition) is 0. The number of thioether (sulfide) groups is 1. The molecule has 14 heavy (non-hydrogen) atoms. The molecule has 1 heterocycles. The second kappa shape index (κ2) is 4.82. The molecule has 0 saturated carbocycles. The molecule has 0 aliphatic carbocycles. The Morgan fingerprint density at radius 1 is 1.64 bits per heavy atom. The largest absolute Gasteiger partial charge is 0.465 e. The number of ether oxygens (including phenoxy) is 1.